The first-order valence-corrected chi connectivity index (χ1v) is 5.84. The third-order valence-corrected chi connectivity index (χ3v) is 3.24. The van der Waals surface area contributed by atoms with Gasteiger partial charge in [-0.25, -0.2) is 4.39 Å². The minimum atomic E-state index is -0.429. The first-order valence-electron chi connectivity index (χ1n) is 5.46. The molecule has 0 aliphatic carbocycles. The third-order valence-electron chi connectivity index (χ3n) is 2.95. The first-order chi connectivity index (χ1) is 7.70. The zero-order chi connectivity index (χ0) is 11.5. The van der Waals surface area contributed by atoms with E-state index in [1.165, 1.54) is 12.5 Å². The average Bonchev–Trinajstić information content (AvgIpc) is 2.76. The molecule has 1 aromatic rings. The molecule has 1 N–H and O–H groups in total. The number of rotatable bonds is 3. The largest absolute Gasteiger partial charge is 0.496 e. The molecule has 0 saturated carbocycles. The molecule has 4 heteroatoms. The lowest BCUT2D eigenvalue weighted by Crippen LogP contribution is -2.23. The van der Waals surface area contributed by atoms with Gasteiger partial charge in [0, 0.05) is 12.1 Å². The maximum absolute atomic E-state index is 13.2. The Morgan fingerprint density at radius 3 is 3.00 bits per heavy atom. The lowest BCUT2D eigenvalue weighted by atomic mass is 10.0. The first kappa shape index (κ1) is 11.7. The van der Waals surface area contributed by atoms with E-state index in [2.05, 4.69) is 5.32 Å². The quantitative estimate of drug-likeness (QED) is 0.882. The number of benzene rings is 1. The second-order valence-corrected chi connectivity index (χ2v) is 4.48. The molecule has 1 unspecified atom stereocenters. The standard InChI is InChI=1S/C12H15ClFNO/c1-16-12-7-11(14)10(13)6-8(12)5-9-3-2-4-15-9/h6-7,9,15H,2-5H2,1H3. The Balaban J connectivity index is 2.20. The highest BCUT2D eigenvalue weighted by Crippen LogP contribution is 2.28. The molecule has 2 rings (SSSR count). The fourth-order valence-electron chi connectivity index (χ4n) is 2.12. The van der Waals surface area contributed by atoms with Crippen molar-refractivity contribution in [2.75, 3.05) is 13.7 Å². The van der Waals surface area contributed by atoms with Crippen LogP contribution in [0.1, 0.15) is 18.4 Å². The second kappa shape index (κ2) is 5.02. The Morgan fingerprint density at radius 2 is 2.38 bits per heavy atom. The van der Waals surface area contributed by atoms with Gasteiger partial charge in [-0.3, -0.25) is 0 Å². The monoisotopic (exact) mass is 243 g/mol. The van der Waals surface area contributed by atoms with Crippen molar-refractivity contribution in [2.24, 2.45) is 0 Å². The Labute approximate surface area is 99.7 Å². The highest BCUT2D eigenvalue weighted by Gasteiger charge is 2.17. The van der Waals surface area contributed by atoms with E-state index in [-0.39, 0.29) is 5.02 Å². The van der Waals surface area contributed by atoms with Crippen LogP contribution in [0.15, 0.2) is 12.1 Å². The molecule has 1 heterocycles. The van der Waals surface area contributed by atoms with Crippen LogP contribution in [0.2, 0.25) is 5.02 Å². The van der Waals surface area contributed by atoms with Crippen molar-refractivity contribution in [1.82, 2.24) is 5.32 Å². The van der Waals surface area contributed by atoms with Crippen molar-refractivity contribution in [2.45, 2.75) is 25.3 Å². The summed E-state index contributed by atoms with van der Waals surface area (Å²) in [6.45, 7) is 1.06. The van der Waals surface area contributed by atoms with Crippen LogP contribution in [-0.2, 0) is 6.42 Å². The van der Waals surface area contributed by atoms with Gasteiger partial charge in [-0.1, -0.05) is 11.6 Å². The van der Waals surface area contributed by atoms with E-state index in [1.807, 2.05) is 0 Å². The molecule has 16 heavy (non-hydrogen) atoms. The van der Waals surface area contributed by atoms with Crippen LogP contribution >= 0.6 is 11.6 Å². The summed E-state index contributed by atoms with van der Waals surface area (Å²) in [5.41, 5.74) is 0.966. The van der Waals surface area contributed by atoms with Gasteiger partial charge in [0.1, 0.15) is 11.6 Å². The zero-order valence-electron chi connectivity index (χ0n) is 9.22. The second-order valence-electron chi connectivity index (χ2n) is 4.08. The molecule has 1 aliphatic heterocycles. The lowest BCUT2D eigenvalue weighted by Gasteiger charge is -2.14. The SMILES string of the molecule is COc1cc(F)c(Cl)cc1CC1CCCN1. The molecule has 88 valence electrons. The molecule has 1 aromatic carbocycles. The van der Waals surface area contributed by atoms with E-state index in [1.54, 1.807) is 13.2 Å². The summed E-state index contributed by atoms with van der Waals surface area (Å²) < 4.78 is 18.4. The van der Waals surface area contributed by atoms with Gasteiger partial charge in [-0.2, -0.15) is 0 Å². The molecular weight excluding hydrogens is 229 g/mol. The van der Waals surface area contributed by atoms with E-state index in [4.69, 9.17) is 16.3 Å². The normalized spacial score (nSPS) is 20.1. The van der Waals surface area contributed by atoms with Gasteiger partial charge in [0.25, 0.3) is 0 Å². The Kier molecular flexibility index (Phi) is 3.66. The maximum atomic E-state index is 13.2. The highest BCUT2D eigenvalue weighted by atomic mass is 35.5. The number of hydrogen-bond acceptors (Lipinski definition) is 2. The molecule has 1 atom stereocenters. The average molecular weight is 244 g/mol. The lowest BCUT2D eigenvalue weighted by molar-refractivity contribution is 0.403. The fraction of sp³-hybridized carbons (Fsp3) is 0.500. The molecular formula is C12H15ClFNO. The van der Waals surface area contributed by atoms with E-state index < -0.39 is 5.82 Å². The van der Waals surface area contributed by atoms with Crippen molar-refractivity contribution in [1.29, 1.82) is 0 Å². The van der Waals surface area contributed by atoms with Gasteiger partial charge in [0.2, 0.25) is 0 Å². The number of halogens is 2. The molecule has 2 nitrogen and oxygen atoms in total. The van der Waals surface area contributed by atoms with Crippen molar-refractivity contribution in [3.8, 4) is 5.75 Å². The number of methoxy groups -OCH3 is 1. The van der Waals surface area contributed by atoms with Crippen LogP contribution in [0.5, 0.6) is 5.75 Å². The smallest absolute Gasteiger partial charge is 0.145 e. The van der Waals surface area contributed by atoms with Gasteiger partial charge in [-0.15, -0.1) is 0 Å². The topological polar surface area (TPSA) is 21.3 Å². The van der Waals surface area contributed by atoms with Crippen LogP contribution in [0, 0.1) is 5.82 Å². The molecule has 0 amide bonds. The minimum Gasteiger partial charge on any atom is -0.496 e. The van der Waals surface area contributed by atoms with E-state index in [9.17, 15) is 4.39 Å². The molecule has 1 aliphatic rings. The third kappa shape index (κ3) is 2.47. The van der Waals surface area contributed by atoms with Crippen molar-refractivity contribution < 1.29 is 9.13 Å². The van der Waals surface area contributed by atoms with E-state index in [0.717, 1.165) is 24.9 Å². The van der Waals surface area contributed by atoms with Gasteiger partial charge in [0.15, 0.2) is 0 Å². The molecule has 0 radical (unpaired) electrons. The zero-order valence-corrected chi connectivity index (χ0v) is 9.98. The molecule has 0 spiro atoms. The van der Waals surface area contributed by atoms with Crippen molar-refractivity contribution in [3.63, 3.8) is 0 Å². The van der Waals surface area contributed by atoms with Crippen molar-refractivity contribution >= 4 is 11.6 Å². The molecule has 0 bridgehead atoms. The van der Waals surface area contributed by atoms with Crippen molar-refractivity contribution in [3.05, 3.63) is 28.5 Å². The van der Waals surface area contributed by atoms with Gasteiger partial charge in [-0.05, 0) is 37.4 Å². The van der Waals surface area contributed by atoms with Crippen LogP contribution in [0.3, 0.4) is 0 Å². The summed E-state index contributed by atoms with van der Waals surface area (Å²) in [5.74, 6) is 0.150. The van der Waals surface area contributed by atoms with Gasteiger partial charge in [0.05, 0.1) is 12.1 Å². The number of nitrogens with one attached hydrogen (secondary N) is 1. The van der Waals surface area contributed by atoms with E-state index in [0.29, 0.717) is 11.8 Å². The molecule has 0 aromatic heterocycles. The van der Waals surface area contributed by atoms with Crippen LogP contribution in [0.25, 0.3) is 0 Å². The molecule has 1 saturated heterocycles. The van der Waals surface area contributed by atoms with E-state index >= 15 is 0 Å². The summed E-state index contributed by atoms with van der Waals surface area (Å²) in [4.78, 5) is 0. The Morgan fingerprint density at radius 1 is 1.56 bits per heavy atom. The number of ether oxygens (including phenoxy) is 1. The van der Waals surface area contributed by atoms with Gasteiger partial charge < -0.3 is 10.1 Å². The summed E-state index contributed by atoms with van der Waals surface area (Å²) in [7, 11) is 1.55. The maximum Gasteiger partial charge on any atom is 0.145 e. The highest BCUT2D eigenvalue weighted by molar-refractivity contribution is 6.30. The van der Waals surface area contributed by atoms with Crippen LogP contribution in [-0.4, -0.2) is 19.7 Å². The number of hydrogen-bond donors (Lipinski definition) is 1. The van der Waals surface area contributed by atoms with Crippen LogP contribution in [0.4, 0.5) is 4.39 Å². The van der Waals surface area contributed by atoms with Crippen LogP contribution < -0.4 is 10.1 Å². The summed E-state index contributed by atoms with van der Waals surface area (Å²) >= 11 is 5.78. The summed E-state index contributed by atoms with van der Waals surface area (Å²) in [6.07, 6.45) is 3.18. The summed E-state index contributed by atoms with van der Waals surface area (Å²) in [6, 6.07) is 3.47. The van der Waals surface area contributed by atoms with Gasteiger partial charge >= 0.3 is 0 Å². The predicted molar refractivity (Wildman–Crippen MR) is 62.7 cm³/mol. The molecule has 1 fully saturated rings. The fourth-order valence-corrected chi connectivity index (χ4v) is 2.30. The Bertz CT molecular complexity index is 378. The Hall–Kier alpha value is -0.800. The summed E-state index contributed by atoms with van der Waals surface area (Å²) in [5, 5.41) is 3.56. The predicted octanol–water partition coefficient (Wildman–Crippen LogP) is 2.78. The minimum absolute atomic E-state index is 0.161.